The van der Waals surface area contributed by atoms with E-state index < -0.39 is 0 Å². The molecule has 3 N–H and O–H groups in total. The molecule has 1 unspecified atom stereocenters. The summed E-state index contributed by atoms with van der Waals surface area (Å²) in [7, 11) is 2.20. The minimum absolute atomic E-state index is 0.661. The number of likely N-dealkylation sites (N-methyl/N-ethyl adjacent to an activating group) is 1. The van der Waals surface area contributed by atoms with Gasteiger partial charge >= 0.3 is 0 Å². The van der Waals surface area contributed by atoms with Gasteiger partial charge in [0.2, 0.25) is 11.7 Å². The van der Waals surface area contributed by atoms with Crippen molar-refractivity contribution in [3.8, 4) is 0 Å². The summed E-state index contributed by atoms with van der Waals surface area (Å²) in [6.45, 7) is 6.33. The lowest BCUT2D eigenvalue weighted by molar-refractivity contribution is -0.698. The van der Waals surface area contributed by atoms with Crippen LogP contribution >= 0.6 is 0 Å². The smallest absolute Gasteiger partial charge is 0.232 e. The first kappa shape index (κ1) is 19.7. The summed E-state index contributed by atoms with van der Waals surface area (Å²) in [5.74, 6) is 3.67. The number of benzene rings is 1. The molecule has 1 saturated heterocycles. The van der Waals surface area contributed by atoms with Crippen LogP contribution in [0, 0.1) is 0 Å². The first-order chi connectivity index (χ1) is 15.7. The summed E-state index contributed by atoms with van der Waals surface area (Å²) in [4.78, 5) is 13.0. The molecule has 32 heavy (non-hydrogen) atoms. The maximum absolute atomic E-state index is 4.63. The van der Waals surface area contributed by atoms with E-state index in [0.29, 0.717) is 5.92 Å². The number of aromatic amines is 1. The number of anilines is 2. The lowest BCUT2D eigenvalue weighted by Crippen LogP contribution is -3.10. The Balaban J connectivity index is 1.21. The molecule has 6 rings (SSSR count). The van der Waals surface area contributed by atoms with E-state index in [1.165, 1.54) is 29.8 Å². The zero-order valence-electron chi connectivity index (χ0n) is 18.6. The van der Waals surface area contributed by atoms with Gasteiger partial charge in [0.1, 0.15) is 12.7 Å². The first-order valence-electron chi connectivity index (χ1n) is 11.6. The maximum atomic E-state index is 4.63. The largest absolute Gasteiger partial charge is 0.329 e. The van der Waals surface area contributed by atoms with E-state index in [4.69, 9.17) is 0 Å². The van der Waals surface area contributed by atoms with Crippen molar-refractivity contribution in [3.63, 3.8) is 0 Å². The Labute approximate surface area is 188 Å². The summed E-state index contributed by atoms with van der Waals surface area (Å²) in [6.07, 6.45) is 8.71. The predicted octanol–water partition coefficient (Wildman–Crippen LogP) is 1.53. The second-order valence-corrected chi connectivity index (χ2v) is 9.33. The predicted molar refractivity (Wildman–Crippen MR) is 126 cm³/mol. The monoisotopic (exact) mass is 431 g/mol. The maximum Gasteiger partial charge on any atom is 0.232 e. The molecule has 4 heterocycles. The Bertz CT molecular complexity index is 1070. The molecular formula is C24H31N8+. The van der Waals surface area contributed by atoms with Gasteiger partial charge in [-0.3, -0.25) is 15.3 Å². The number of quaternary nitrogens is 1. The van der Waals surface area contributed by atoms with Crippen molar-refractivity contribution in [1.29, 1.82) is 0 Å². The van der Waals surface area contributed by atoms with Crippen molar-refractivity contribution in [2.24, 2.45) is 4.99 Å². The summed E-state index contributed by atoms with van der Waals surface area (Å²) in [6, 6.07) is 11.1. The van der Waals surface area contributed by atoms with Crippen molar-refractivity contribution in [1.82, 2.24) is 20.0 Å². The van der Waals surface area contributed by atoms with Crippen LogP contribution in [-0.4, -0.2) is 65.6 Å². The number of hydrogen-bond donors (Lipinski definition) is 3. The highest BCUT2D eigenvalue weighted by Crippen LogP contribution is 2.39. The van der Waals surface area contributed by atoms with Crippen molar-refractivity contribution >= 4 is 17.3 Å². The third kappa shape index (κ3) is 4.09. The molecule has 1 aromatic heterocycles. The van der Waals surface area contributed by atoms with Crippen LogP contribution in [0.2, 0.25) is 0 Å². The van der Waals surface area contributed by atoms with Crippen LogP contribution < -0.4 is 15.1 Å². The number of fused-ring (bicyclic) bond motifs is 1. The van der Waals surface area contributed by atoms with Crippen molar-refractivity contribution in [3.05, 3.63) is 66.0 Å². The van der Waals surface area contributed by atoms with Gasteiger partial charge in [0, 0.05) is 56.1 Å². The van der Waals surface area contributed by atoms with Crippen LogP contribution in [0.5, 0.6) is 0 Å². The summed E-state index contributed by atoms with van der Waals surface area (Å²) in [5, 5.41) is 11.2. The Hall–Kier alpha value is -2.94. The van der Waals surface area contributed by atoms with Gasteiger partial charge in [-0.2, -0.15) is 5.10 Å². The second kappa shape index (κ2) is 8.20. The number of piperazine rings is 1. The highest BCUT2D eigenvalue weighted by atomic mass is 15.4. The molecule has 1 saturated carbocycles. The van der Waals surface area contributed by atoms with Crippen LogP contribution in [0.15, 0.2) is 59.7 Å². The molecule has 1 aromatic carbocycles. The van der Waals surface area contributed by atoms with E-state index in [2.05, 4.69) is 85.0 Å². The van der Waals surface area contributed by atoms with Crippen LogP contribution in [0.25, 0.3) is 0 Å². The van der Waals surface area contributed by atoms with E-state index in [-0.39, 0.29) is 0 Å². The van der Waals surface area contributed by atoms with Crippen LogP contribution in [-0.2, 0) is 6.54 Å². The number of aromatic nitrogens is 2. The van der Waals surface area contributed by atoms with E-state index in [1.54, 1.807) is 0 Å². The Morgan fingerprint density at radius 3 is 2.88 bits per heavy atom. The van der Waals surface area contributed by atoms with Crippen molar-refractivity contribution in [2.45, 2.75) is 25.3 Å². The normalized spacial score (nSPS) is 23.8. The quantitative estimate of drug-likeness (QED) is 0.648. The summed E-state index contributed by atoms with van der Waals surface area (Å²) < 4.78 is 0. The van der Waals surface area contributed by atoms with Crippen LogP contribution in [0.4, 0.5) is 11.5 Å². The molecule has 0 amide bonds. The standard InChI is InChI=1S/C24H30N8/c1-29-9-11-30(12-10-29)15-18-3-2-4-20(13-18)31-16-23-25-7-8-32(23)24(17-31)26-22-14-21(27-28-22)19-5-6-19/h2-4,7-8,13-14,17,19H,5-6,9-12,15-16H2,1H3,(H2,26,27,28)/p+1. The molecule has 2 fully saturated rings. The Kier molecular flexibility index (Phi) is 5.05. The molecule has 8 heteroatoms. The van der Waals surface area contributed by atoms with Gasteiger partial charge in [0.15, 0.2) is 5.82 Å². The molecule has 8 nitrogen and oxygen atoms in total. The summed E-state index contributed by atoms with van der Waals surface area (Å²) >= 11 is 0. The molecular weight excluding hydrogens is 400 g/mol. The van der Waals surface area contributed by atoms with Gasteiger partial charge in [0.25, 0.3) is 0 Å². The molecule has 3 aliphatic heterocycles. The number of hydrogen-bond acceptors (Lipinski definition) is 6. The molecule has 4 aliphatic rings. The fraction of sp³-hybridized carbons (Fsp3) is 0.417. The van der Waals surface area contributed by atoms with Crippen molar-refractivity contribution in [2.75, 3.05) is 50.0 Å². The highest BCUT2D eigenvalue weighted by Gasteiger charge is 2.33. The number of H-pyrrole nitrogens is 1. The number of nitrogens with zero attached hydrogens (tertiary/aromatic N) is 5. The molecule has 0 bridgehead atoms. The molecule has 166 valence electrons. The Morgan fingerprint density at radius 2 is 2.03 bits per heavy atom. The minimum atomic E-state index is 0.661. The molecule has 0 radical (unpaired) electrons. The topological polar surface area (TPSA) is 67.2 Å². The number of aliphatic imine (C=N–C) groups is 1. The number of amidine groups is 1. The molecule has 1 atom stereocenters. The van der Waals surface area contributed by atoms with Gasteiger partial charge < -0.3 is 9.80 Å². The fourth-order valence-corrected chi connectivity index (χ4v) is 4.68. The first-order valence-corrected chi connectivity index (χ1v) is 11.6. The summed E-state index contributed by atoms with van der Waals surface area (Å²) in [5.41, 5.74) is 3.79. The van der Waals surface area contributed by atoms with E-state index in [0.717, 1.165) is 61.6 Å². The van der Waals surface area contributed by atoms with Gasteiger partial charge in [-0.15, -0.1) is 0 Å². The average Bonchev–Trinajstić information content (AvgIpc) is 3.35. The number of nitrogens with one attached hydrogen (secondary N) is 3. The fourth-order valence-electron chi connectivity index (χ4n) is 4.68. The average molecular weight is 432 g/mol. The third-order valence-corrected chi connectivity index (χ3v) is 6.80. The van der Waals surface area contributed by atoms with Gasteiger partial charge in [-0.25, -0.2) is 9.89 Å². The van der Waals surface area contributed by atoms with Crippen LogP contribution in [0.3, 0.4) is 0 Å². The third-order valence-electron chi connectivity index (χ3n) is 6.80. The van der Waals surface area contributed by atoms with Gasteiger partial charge in [0.05, 0.1) is 12.4 Å². The van der Waals surface area contributed by atoms with E-state index in [1.807, 2.05) is 6.20 Å². The second-order valence-electron chi connectivity index (χ2n) is 9.33. The molecule has 1 aliphatic carbocycles. The number of rotatable bonds is 6. The van der Waals surface area contributed by atoms with E-state index >= 15 is 0 Å². The Morgan fingerprint density at radius 1 is 1.16 bits per heavy atom. The minimum Gasteiger partial charge on any atom is -0.329 e. The zero-order valence-corrected chi connectivity index (χ0v) is 18.6. The van der Waals surface area contributed by atoms with Crippen LogP contribution in [0.1, 0.15) is 30.0 Å². The molecule has 0 spiro atoms. The van der Waals surface area contributed by atoms with Gasteiger partial charge in [-0.05, 0) is 37.6 Å². The van der Waals surface area contributed by atoms with E-state index in [9.17, 15) is 0 Å². The zero-order chi connectivity index (χ0) is 21.5. The van der Waals surface area contributed by atoms with Crippen molar-refractivity contribution < 1.29 is 4.90 Å². The lowest BCUT2D eigenvalue weighted by atomic mass is 10.1. The highest BCUT2D eigenvalue weighted by molar-refractivity contribution is 5.84. The molecule has 2 aromatic rings. The SMILES string of the molecule is CN1CCN(Cc2cccc(N3C=C(Nc4cc(C5CC5)[nH]n4)[NH+]4C=CN=C4C3)c2)CC1. The van der Waals surface area contributed by atoms with Gasteiger partial charge in [-0.1, -0.05) is 12.1 Å². The lowest BCUT2D eigenvalue weighted by Gasteiger charge is -2.32.